The molecule has 1 atom stereocenters. The standard InChI is InChI=1S/C11H8BrF2NOS/c12-5-4-6(13)9(14)8(11(5)16)10(15)7-2-1-3-17-7/h1-4,10,16H,15H2/t10-/m0/s1. The molecule has 0 radical (unpaired) electrons. The van der Waals surface area contributed by atoms with Gasteiger partial charge in [0.05, 0.1) is 16.1 Å². The van der Waals surface area contributed by atoms with Crippen LogP contribution < -0.4 is 5.73 Å². The van der Waals surface area contributed by atoms with Crippen LogP contribution in [0.25, 0.3) is 0 Å². The third-order valence-electron chi connectivity index (χ3n) is 2.34. The van der Waals surface area contributed by atoms with Crippen LogP contribution in [0.15, 0.2) is 28.1 Å². The van der Waals surface area contributed by atoms with Gasteiger partial charge in [-0.1, -0.05) is 6.07 Å². The van der Waals surface area contributed by atoms with Crippen molar-refractivity contribution in [2.45, 2.75) is 6.04 Å². The van der Waals surface area contributed by atoms with Crippen LogP contribution in [0, 0.1) is 11.6 Å². The summed E-state index contributed by atoms with van der Waals surface area (Å²) in [5, 5.41) is 11.5. The number of thiophene rings is 1. The van der Waals surface area contributed by atoms with E-state index in [2.05, 4.69) is 15.9 Å². The van der Waals surface area contributed by atoms with Crippen LogP contribution in [0.5, 0.6) is 5.75 Å². The normalized spacial score (nSPS) is 12.7. The lowest BCUT2D eigenvalue weighted by atomic mass is 10.0. The van der Waals surface area contributed by atoms with Crippen LogP contribution in [0.2, 0.25) is 0 Å². The van der Waals surface area contributed by atoms with E-state index >= 15 is 0 Å². The number of rotatable bonds is 2. The zero-order valence-corrected chi connectivity index (χ0v) is 10.9. The van der Waals surface area contributed by atoms with Gasteiger partial charge in [-0.15, -0.1) is 11.3 Å². The fraction of sp³-hybridized carbons (Fsp3) is 0.0909. The molecular formula is C11H8BrF2NOS. The van der Waals surface area contributed by atoms with Gasteiger partial charge in [-0.25, -0.2) is 8.78 Å². The maximum absolute atomic E-state index is 13.7. The predicted octanol–water partition coefficient (Wildman–Crippen LogP) is 3.54. The Morgan fingerprint density at radius 3 is 2.71 bits per heavy atom. The summed E-state index contributed by atoms with van der Waals surface area (Å²) in [5.74, 6) is -2.53. The van der Waals surface area contributed by atoms with Crippen molar-refractivity contribution in [1.29, 1.82) is 0 Å². The Bertz CT molecular complexity index is 519. The Morgan fingerprint density at radius 2 is 2.12 bits per heavy atom. The molecule has 1 aromatic carbocycles. The van der Waals surface area contributed by atoms with Crippen molar-refractivity contribution in [1.82, 2.24) is 0 Å². The van der Waals surface area contributed by atoms with E-state index < -0.39 is 17.7 Å². The van der Waals surface area contributed by atoms with Crippen LogP contribution in [-0.4, -0.2) is 5.11 Å². The third kappa shape index (κ3) is 2.20. The molecule has 1 heterocycles. The number of nitrogens with two attached hydrogens (primary N) is 1. The highest BCUT2D eigenvalue weighted by atomic mass is 79.9. The monoisotopic (exact) mass is 319 g/mol. The van der Waals surface area contributed by atoms with E-state index in [1.165, 1.54) is 11.3 Å². The van der Waals surface area contributed by atoms with Gasteiger partial charge in [0.25, 0.3) is 0 Å². The Balaban J connectivity index is 2.59. The maximum Gasteiger partial charge on any atom is 0.167 e. The van der Waals surface area contributed by atoms with Gasteiger partial charge in [-0.3, -0.25) is 0 Å². The smallest absolute Gasteiger partial charge is 0.167 e. The van der Waals surface area contributed by atoms with Gasteiger partial charge in [0, 0.05) is 4.88 Å². The van der Waals surface area contributed by atoms with Crippen LogP contribution >= 0.6 is 27.3 Å². The van der Waals surface area contributed by atoms with Gasteiger partial charge in [-0.2, -0.15) is 0 Å². The molecular weight excluding hydrogens is 312 g/mol. The molecule has 0 spiro atoms. The Kier molecular flexibility index (Phi) is 3.46. The molecule has 2 nitrogen and oxygen atoms in total. The fourth-order valence-corrected chi connectivity index (χ4v) is 2.65. The average Bonchev–Trinajstić information content (AvgIpc) is 2.80. The molecule has 0 aliphatic heterocycles. The molecule has 0 aliphatic rings. The molecule has 0 bridgehead atoms. The highest BCUT2D eigenvalue weighted by molar-refractivity contribution is 9.10. The van der Waals surface area contributed by atoms with E-state index in [4.69, 9.17) is 5.73 Å². The quantitative estimate of drug-likeness (QED) is 0.832. The van der Waals surface area contributed by atoms with Crippen molar-refractivity contribution in [2.75, 3.05) is 0 Å². The molecule has 0 saturated heterocycles. The van der Waals surface area contributed by atoms with E-state index in [0.29, 0.717) is 4.88 Å². The maximum atomic E-state index is 13.7. The second kappa shape index (κ2) is 4.72. The summed E-state index contributed by atoms with van der Waals surface area (Å²) >= 11 is 4.27. The number of aromatic hydroxyl groups is 1. The van der Waals surface area contributed by atoms with Gasteiger partial charge in [0.15, 0.2) is 11.6 Å². The highest BCUT2D eigenvalue weighted by Crippen LogP contribution is 2.38. The first-order valence-corrected chi connectivity index (χ1v) is 6.35. The van der Waals surface area contributed by atoms with Gasteiger partial charge in [0.2, 0.25) is 0 Å². The van der Waals surface area contributed by atoms with Gasteiger partial charge in [-0.05, 0) is 33.4 Å². The van der Waals surface area contributed by atoms with Crippen LogP contribution in [0.4, 0.5) is 8.78 Å². The SMILES string of the molecule is N[C@@H](c1cccs1)c1c(O)c(Br)cc(F)c1F. The summed E-state index contributed by atoms with van der Waals surface area (Å²) in [7, 11) is 0. The number of halogens is 3. The molecule has 0 saturated carbocycles. The minimum Gasteiger partial charge on any atom is -0.506 e. The zero-order chi connectivity index (χ0) is 12.6. The van der Waals surface area contributed by atoms with Gasteiger partial charge >= 0.3 is 0 Å². The zero-order valence-electron chi connectivity index (χ0n) is 8.45. The lowest BCUT2D eigenvalue weighted by Crippen LogP contribution is -2.13. The number of hydrogen-bond acceptors (Lipinski definition) is 3. The van der Waals surface area contributed by atoms with Crippen LogP contribution in [0.3, 0.4) is 0 Å². The Hall–Kier alpha value is -0.980. The molecule has 90 valence electrons. The third-order valence-corrected chi connectivity index (χ3v) is 3.90. The molecule has 0 amide bonds. The summed E-state index contributed by atoms with van der Waals surface area (Å²) in [4.78, 5) is 0.650. The lowest BCUT2D eigenvalue weighted by Gasteiger charge is -2.14. The molecule has 17 heavy (non-hydrogen) atoms. The summed E-state index contributed by atoms with van der Waals surface area (Å²) in [6.07, 6.45) is 0. The molecule has 3 N–H and O–H groups in total. The summed E-state index contributed by atoms with van der Waals surface area (Å²) in [6, 6.07) is 3.44. The first kappa shape index (κ1) is 12.5. The predicted molar refractivity (Wildman–Crippen MR) is 66.1 cm³/mol. The molecule has 0 aliphatic carbocycles. The number of phenols is 1. The van der Waals surface area contributed by atoms with Crippen LogP contribution in [0.1, 0.15) is 16.5 Å². The van der Waals surface area contributed by atoms with E-state index in [1.54, 1.807) is 17.5 Å². The molecule has 2 rings (SSSR count). The second-order valence-corrected chi connectivity index (χ2v) is 5.24. The minimum absolute atomic E-state index is 0.0819. The molecule has 2 aromatic rings. The van der Waals surface area contributed by atoms with E-state index in [1.807, 2.05) is 0 Å². The number of phenolic OH excluding ortho intramolecular Hbond substituents is 1. The first-order chi connectivity index (χ1) is 8.02. The van der Waals surface area contributed by atoms with Crippen molar-refractivity contribution in [3.8, 4) is 5.75 Å². The fourth-order valence-electron chi connectivity index (χ4n) is 1.50. The number of hydrogen-bond donors (Lipinski definition) is 2. The molecule has 0 unspecified atom stereocenters. The van der Waals surface area contributed by atoms with Crippen molar-refractivity contribution < 1.29 is 13.9 Å². The van der Waals surface area contributed by atoms with Crippen molar-refractivity contribution in [3.63, 3.8) is 0 Å². The molecule has 1 aromatic heterocycles. The lowest BCUT2D eigenvalue weighted by molar-refractivity contribution is 0.434. The second-order valence-electron chi connectivity index (χ2n) is 3.41. The summed E-state index contributed by atoms with van der Waals surface area (Å²) in [6.45, 7) is 0. The van der Waals surface area contributed by atoms with E-state index in [0.717, 1.165) is 6.07 Å². The Labute approximate surface area is 109 Å². The Morgan fingerprint density at radius 1 is 1.41 bits per heavy atom. The van der Waals surface area contributed by atoms with Crippen molar-refractivity contribution >= 4 is 27.3 Å². The van der Waals surface area contributed by atoms with Crippen molar-refractivity contribution in [3.05, 3.63) is 50.1 Å². The van der Waals surface area contributed by atoms with Gasteiger partial charge in [0.1, 0.15) is 5.75 Å². The summed E-state index contributed by atoms with van der Waals surface area (Å²) < 4.78 is 27.0. The molecule has 6 heteroatoms. The number of benzene rings is 1. The topological polar surface area (TPSA) is 46.2 Å². The summed E-state index contributed by atoms with van der Waals surface area (Å²) in [5.41, 5.74) is 5.59. The minimum atomic E-state index is -1.12. The van der Waals surface area contributed by atoms with Crippen LogP contribution in [-0.2, 0) is 0 Å². The van der Waals surface area contributed by atoms with Crippen molar-refractivity contribution in [2.24, 2.45) is 5.73 Å². The van der Waals surface area contributed by atoms with E-state index in [-0.39, 0.29) is 15.8 Å². The average molecular weight is 320 g/mol. The van der Waals surface area contributed by atoms with Gasteiger partial charge < -0.3 is 10.8 Å². The molecule has 0 fully saturated rings. The van der Waals surface area contributed by atoms with E-state index in [9.17, 15) is 13.9 Å². The largest absolute Gasteiger partial charge is 0.506 e. The highest BCUT2D eigenvalue weighted by Gasteiger charge is 2.23. The first-order valence-electron chi connectivity index (χ1n) is 4.67.